The molecule has 1 aliphatic carbocycles. The quantitative estimate of drug-likeness (QED) is 0.853. The normalized spacial score (nSPS) is 16.8. The smallest absolute Gasteiger partial charge is 0.303 e. The maximum Gasteiger partial charge on any atom is 0.303 e. The van der Waals surface area contributed by atoms with Crippen molar-refractivity contribution in [2.75, 3.05) is 0 Å². The van der Waals surface area contributed by atoms with Gasteiger partial charge in [-0.25, -0.2) is 8.78 Å². The summed E-state index contributed by atoms with van der Waals surface area (Å²) in [6.07, 6.45) is 1.48. The molecule has 2 rings (SSSR count). The molecule has 1 aromatic rings. The van der Waals surface area contributed by atoms with E-state index in [1.165, 1.54) is 0 Å². The zero-order chi connectivity index (χ0) is 12.6. The molecule has 1 fully saturated rings. The van der Waals surface area contributed by atoms with Crippen LogP contribution < -0.4 is 0 Å². The Morgan fingerprint density at radius 2 is 2.00 bits per heavy atom. The van der Waals surface area contributed by atoms with Crippen molar-refractivity contribution in [3.05, 3.63) is 29.3 Å². The number of aromatic hydroxyl groups is 1. The Hall–Kier alpha value is -1.65. The molecule has 0 aromatic heterocycles. The van der Waals surface area contributed by atoms with E-state index < -0.39 is 29.3 Å². The highest BCUT2D eigenvalue weighted by atomic mass is 19.1. The number of phenolic OH excluding ortho intramolecular Hbond substituents is 1. The van der Waals surface area contributed by atoms with Gasteiger partial charge in [0, 0.05) is 12.0 Å². The summed E-state index contributed by atoms with van der Waals surface area (Å²) in [5, 5.41) is 18.0. The van der Waals surface area contributed by atoms with Crippen LogP contribution in [0, 0.1) is 17.6 Å². The topological polar surface area (TPSA) is 57.5 Å². The first kappa shape index (κ1) is 11.8. The van der Waals surface area contributed by atoms with Crippen molar-refractivity contribution >= 4 is 5.97 Å². The van der Waals surface area contributed by atoms with Gasteiger partial charge in [-0.1, -0.05) is 0 Å². The van der Waals surface area contributed by atoms with Crippen LogP contribution in [0.2, 0.25) is 0 Å². The molecule has 1 aromatic carbocycles. The second kappa shape index (κ2) is 4.31. The summed E-state index contributed by atoms with van der Waals surface area (Å²) in [5.41, 5.74) is 0.0915. The third-order valence-electron chi connectivity index (χ3n) is 3.05. The van der Waals surface area contributed by atoms with E-state index >= 15 is 0 Å². The third-order valence-corrected chi connectivity index (χ3v) is 3.05. The van der Waals surface area contributed by atoms with Crippen LogP contribution in [0.4, 0.5) is 8.78 Å². The minimum Gasteiger partial charge on any atom is -0.505 e. The van der Waals surface area contributed by atoms with Crippen LogP contribution in [-0.4, -0.2) is 16.2 Å². The van der Waals surface area contributed by atoms with Crippen LogP contribution in [0.5, 0.6) is 5.75 Å². The number of hydrogen-bond donors (Lipinski definition) is 2. The van der Waals surface area contributed by atoms with Gasteiger partial charge in [-0.05, 0) is 30.4 Å². The van der Waals surface area contributed by atoms with E-state index in [0.29, 0.717) is 6.07 Å². The van der Waals surface area contributed by atoms with Crippen LogP contribution in [0.15, 0.2) is 12.1 Å². The zero-order valence-corrected chi connectivity index (χ0v) is 8.99. The molecule has 17 heavy (non-hydrogen) atoms. The molecule has 1 saturated carbocycles. The van der Waals surface area contributed by atoms with Gasteiger partial charge in [0.15, 0.2) is 11.6 Å². The summed E-state index contributed by atoms with van der Waals surface area (Å²) in [6.45, 7) is 0. The Kier molecular flexibility index (Phi) is 3.00. The molecule has 5 heteroatoms. The van der Waals surface area contributed by atoms with Gasteiger partial charge in [-0.15, -0.1) is 0 Å². The lowest BCUT2D eigenvalue weighted by Crippen LogP contribution is -2.10. The molecule has 1 unspecified atom stereocenters. The van der Waals surface area contributed by atoms with Crippen molar-refractivity contribution in [1.82, 2.24) is 0 Å². The second-order valence-corrected chi connectivity index (χ2v) is 4.37. The number of carboxylic acids is 1. The fraction of sp³-hybridized carbons (Fsp3) is 0.417. The van der Waals surface area contributed by atoms with Gasteiger partial charge in [0.1, 0.15) is 5.82 Å². The van der Waals surface area contributed by atoms with Crippen LogP contribution in [0.25, 0.3) is 0 Å². The molecule has 1 aliphatic rings. The number of halogens is 2. The lowest BCUT2D eigenvalue weighted by atomic mass is 9.90. The van der Waals surface area contributed by atoms with Gasteiger partial charge in [0.05, 0.1) is 6.42 Å². The largest absolute Gasteiger partial charge is 0.505 e. The maximum atomic E-state index is 13.6. The predicted octanol–water partition coefficient (Wildman–Crippen LogP) is 2.64. The van der Waals surface area contributed by atoms with Crippen LogP contribution in [-0.2, 0) is 4.79 Å². The maximum absolute atomic E-state index is 13.6. The fourth-order valence-corrected chi connectivity index (χ4v) is 2.06. The first-order valence-electron chi connectivity index (χ1n) is 5.38. The van der Waals surface area contributed by atoms with Crippen molar-refractivity contribution in [3.8, 4) is 5.75 Å². The highest BCUT2D eigenvalue weighted by Gasteiger charge is 2.35. The summed E-state index contributed by atoms with van der Waals surface area (Å²) in [6, 6.07) is 1.60. The lowest BCUT2D eigenvalue weighted by Gasteiger charge is -2.15. The minimum atomic E-state index is -1.03. The molecule has 0 radical (unpaired) electrons. The van der Waals surface area contributed by atoms with E-state index in [0.717, 1.165) is 18.9 Å². The SMILES string of the molecule is O=C(O)CC(c1cc(O)c(F)cc1F)C1CC1. The average Bonchev–Trinajstić information content (AvgIpc) is 3.04. The van der Waals surface area contributed by atoms with Crippen LogP contribution >= 0.6 is 0 Å². The number of carboxylic acid groups (broad SMARTS) is 1. The number of aliphatic carboxylic acids is 1. The Morgan fingerprint density at radius 1 is 1.35 bits per heavy atom. The van der Waals surface area contributed by atoms with E-state index in [4.69, 9.17) is 5.11 Å². The summed E-state index contributed by atoms with van der Waals surface area (Å²) >= 11 is 0. The van der Waals surface area contributed by atoms with Gasteiger partial charge in [0.25, 0.3) is 0 Å². The molecule has 3 nitrogen and oxygen atoms in total. The molecule has 0 bridgehead atoms. The first-order valence-corrected chi connectivity index (χ1v) is 5.38. The molecule has 0 spiro atoms. The van der Waals surface area contributed by atoms with E-state index in [2.05, 4.69) is 0 Å². The monoisotopic (exact) mass is 242 g/mol. The second-order valence-electron chi connectivity index (χ2n) is 4.37. The fourth-order valence-electron chi connectivity index (χ4n) is 2.06. The lowest BCUT2D eigenvalue weighted by molar-refractivity contribution is -0.137. The van der Waals surface area contributed by atoms with Crippen molar-refractivity contribution in [1.29, 1.82) is 0 Å². The van der Waals surface area contributed by atoms with Crippen molar-refractivity contribution < 1.29 is 23.8 Å². The van der Waals surface area contributed by atoms with Gasteiger partial charge >= 0.3 is 5.97 Å². The molecule has 2 N–H and O–H groups in total. The van der Waals surface area contributed by atoms with Crippen LogP contribution in [0.3, 0.4) is 0 Å². The standard InChI is InChI=1S/C12H12F2O3/c13-9-5-10(14)11(15)3-8(9)7(4-12(16)17)6-1-2-6/h3,5-7,15H,1-2,4H2,(H,16,17). The Balaban J connectivity index is 2.35. The summed E-state index contributed by atoms with van der Waals surface area (Å²) < 4.78 is 26.5. The average molecular weight is 242 g/mol. The predicted molar refractivity (Wildman–Crippen MR) is 55.7 cm³/mol. The first-order chi connectivity index (χ1) is 7.99. The van der Waals surface area contributed by atoms with Crippen molar-refractivity contribution in [3.63, 3.8) is 0 Å². The minimum absolute atomic E-state index is 0.0915. The summed E-state index contributed by atoms with van der Waals surface area (Å²) in [4.78, 5) is 10.7. The van der Waals surface area contributed by atoms with Gasteiger partial charge in [-0.2, -0.15) is 0 Å². The number of phenols is 1. The Bertz CT molecular complexity index is 455. The Labute approximate surface area is 96.7 Å². The number of carbonyl (C=O) groups is 1. The molecule has 0 amide bonds. The number of benzene rings is 1. The van der Waals surface area contributed by atoms with Gasteiger partial charge in [-0.3, -0.25) is 4.79 Å². The molecule has 92 valence electrons. The molecular weight excluding hydrogens is 230 g/mol. The molecule has 0 heterocycles. The van der Waals surface area contributed by atoms with E-state index in [9.17, 15) is 18.7 Å². The highest BCUT2D eigenvalue weighted by molar-refractivity contribution is 5.68. The van der Waals surface area contributed by atoms with Gasteiger partial charge in [0.2, 0.25) is 0 Å². The molecule has 0 saturated heterocycles. The summed E-state index contributed by atoms with van der Waals surface area (Å²) in [5.74, 6) is -3.86. The molecular formula is C12H12F2O3. The van der Waals surface area contributed by atoms with E-state index in [1.54, 1.807) is 0 Å². The summed E-state index contributed by atoms with van der Waals surface area (Å²) in [7, 11) is 0. The van der Waals surface area contributed by atoms with Crippen molar-refractivity contribution in [2.45, 2.75) is 25.2 Å². The number of hydrogen-bond acceptors (Lipinski definition) is 2. The van der Waals surface area contributed by atoms with Crippen molar-refractivity contribution in [2.24, 2.45) is 5.92 Å². The number of rotatable bonds is 4. The molecule has 1 atom stereocenters. The Morgan fingerprint density at radius 3 is 2.53 bits per heavy atom. The van der Waals surface area contributed by atoms with Crippen LogP contribution in [0.1, 0.15) is 30.7 Å². The van der Waals surface area contributed by atoms with E-state index in [1.807, 2.05) is 0 Å². The van der Waals surface area contributed by atoms with Gasteiger partial charge < -0.3 is 10.2 Å². The highest BCUT2D eigenvalue weighted by Crippen LogP contribution is 2.45. The molecule has 0 aliphatic heterocycles. The zero-order valence-electron chi connectivity index (χ0n) is 8.99. The third kappa shape index (κ3) is 2.54. The van der Waals surface area contributed by atoms with E-state index in [-0.39, 0.29) is 17.9 Å².